The molecule has 23 heavy (non-hydrogen) atoms. The fraction of sp³-hybridized carbons (Fsp3) is 0.235. The van der Waals surface area contributed by atoms with Gasteiger partial charge in [0.2, 0.25) is 5.91 Å². The van der Waals surface area contributed by atoms with Gasteiger partial charge in [-0.2, -0.15) is 0 Å². The molecule has 6 heteroatoms. The number of phenolic OH excluding ortho intramolecular Hbond substituents is 1. The largest absolute Gasteiger partial charge is 0.506 e. The van der Waals surface area contributed by atoms with Crippen LogP contribution >= 0.6 is 0 Å². The molecule has 122 valence electrons. The molecule has 0 saturated heterocycles. The highest BCUT2D eigenvalue weighted by molar-refractivity contribution is 7.91. The lowest BCUT2D eigenvalue weighted by molar-refractivity contribution is -0.115. The zero-order valence-corrected chi connectivity index (χ0v) is 13.9. The van der Waals surface area contributed by atoms with E-state index in [0.29, 0.717) is 0 Å². The molecule has 5 nitrogen and oxygen atoms in total. The Morgan fingerprint density at radius 1 is 1.13 bits per heavy atom. The average Bonchev–Trinajstić information content (AvgIpc) is 2.51. The molecule has 0 saturated carbocycles. The molecule has 1 amide bonds. The van der Waals surface area contributed by atoms with Crippen molar-refractivity contribution in [3.63, 3.8) is 0 Å². The third-order valence-corrected chi connectivity index (χ3v) is 5.20. The Bertz CT molecular complexity index is 811. The van der Waals surface area contributed by atoms with Crippen LogP contribution in [0.5, 0.6) is 5.75 Å². The Kier molecular flexibility index (Phi) is 5.05. The Morgan fingerprint density at radius 3 is 2.39 bits per heavy atom. The van der Waals surface area contributed by atoms with Crippen LogP contribution < -0.4 is 5.32 Å². The number of anilines is 1. The number of sulfone groups is 1. The number of nitrogens with one attached hydrogen (secondary N) is 1. The lowest BCUT2D eigenvalue weighted by Crippen LogP contribution is -2.15. The molecule has 0 heterocycles. The summed E-state index contributed by atoms with van der Waals surface area (Å²) in [5.74, 6) is -0.540. The summed E-state index contributed by atoms with van der Waals surface area (Å²) in [4.78, 5) is 12.2. The van der Waals surface area contributed by atoms with Crippen molar-refractivity contribution in [2.24, 2.45) is 0 Å². The van der Waals surface area contributed by atoms with Crippen LogP contribution in [0, 0.1) is 6.92 Å². The summed E-state index contributed by atoms with van der Waals surface area (Å²) in [7, 11) is -3.40. The van der Waals surface area contributed by atoms with E-state index < -0.39 is 9.84 Å². The van der Waals surface area contributed by atoms with Gasteiger partial charge in [-0.3, -0.25) is 4.79 Å². The van der Waals surface area contributed by atoms with Crippen LogP contribution in [0.3, 0.4) is 0 Å². The van der Waals surface area contributed by atoms with E-state index in [-0.39, 0.29) is 34.4 Å². The summed E-state index contributed by atoms with van der Waals surface area (Å²) < 4.78 is 23.8. The maximum absolute atomic E-state index is 12.1. The first-order chi connectivity index (χ1) is 10.8. The molecule has 0 radical (unpaired) electrons. The number of carbonyl (C=O) groups is 1. The zero-order chi connectivity index (χ0) is 17.0. The molecule has 0 atom stereocenters. The summed E-state index contributed by atoms with van der Waals surface area (Å²) in [6.45, 7) is 3.50. The van der Waals surface area contributed by atoms with E-state index in [0.717, 1.165) is 11.1 Å². The van der Waals surface area contributed by atoms with Crippen LogP contribution in [-0.2, 0) is 21.1 Å². The van der Waals surface area contributed by atoms with Crippen LogP contribution in [0.15, 0.2) is 47.4 Å². The van der Waals surface area contributed by atoms with Gasteiger partial charge in [-0.25, -0.2) is 8.42 Å². The molecule has 0 unspecified atom stereocenters. The number of carbonyl (C=O) groups excluding carboxylic acids is 1. The van der Waals surface area contributed by atoms with E-state index >= 15 is 0 Å². The first-order valence-electron chi connectivity index (χ1n) is 7.23. The monoisotopic (exact) mass is 333 g/mol. The minimum atomic E-state index is -3.40. The predicted octanol–water partition coefficient (Wildman–Crippen LogP) is 2.68. The Hall–Kier alpha value is -2.34. The molecule has 2 rings (SSSR count). The SMILES string of the molecule is CCS(=O)(=O)c1ccc(O)c(NC(=O)Cc2ccc(C)cc2)c1. The minimum Gasteiger partial charge on any atom is -0.506 e. The highest BCUT2D eigenvalue weighted by atomic mass is 32.2. The molecule has 0 bridgehead atoms. The maximum atomic E-state index is 12.1. The van der Waals surface area contributed by atoms with E-state index in [1.54, 1.807) is 0 Å². The van der Waals surface area contributed by atoms with Gasteiger partial charge in [-0.1, -0.05) is 36.8 Å². The molecule has 0 aromatic heterocycles. The zero-order valence-electron chi connectivity index (χ0n) is 13.0. The van der Waals surface area contributed by atoms with Crippen molar-refractivity contribution in [1.82, 2.24) is 0 Å². The van der Waals surface area contributed by atoms with Gasteiger partial charge in [0.1, 0.15) is 5.75 Å². The van der Waals surface area contributed by atoms with Crippen LogP contribution in [0.25, 0.3) is 0 Å². The number of aryl methyl sites for hydroxylation is 1. The second-order valence-electron chi connectivity index (χ2n) is 5.29. The van der Waals surface area contributed by atoms with Crippen molar-refractivity contribution in [3.05, 3.63) is 53.6 Å². The van der Waals surface area contributed by atoms with Gasteiger partial charge >= 0.3 is 0 Å². The van der Waals surface area contributed by atoms with Gasteiger partial charge < -0.3 is 10.4 Å². The second kappa shape index (κ2) is 6.83. The third-order valence-electron chi connectivity index (χ3n) is 3.47. The fourth-order valence-corrected chi connectivity index (χ4v) is 2.97. The van der Waals surface area contributed by atoms with Gasteiger partial charge in [0.05, 0.1) is 22.8 Å². The number of phenols is 1. The van der Waals surface area contributed by atoms with Gasteiger partial charge in [0, 0.05) is 0 Å². The normalized spacial score (nSPS) is 11.2. The van der Waals surface area contributed by atoms with Crippen molar-refractivity contribution in [3.8, 4) is 5.75 Å². The minimum absolute atomic E-state index is 0.0471. The molecule has 0 spiro atoms. The second-order valence-corrected chi connectivity index (χ2v) is 7.57. The summed E-state index contributed by atoms with van der Waals surface area (Å²) in [5.41, 5.74) is 2.03. The molecular formula is C17H19NO4S. The molecular weight excluding hydrogens is 314 g/mol. The van der Waals surface area contributed by atoms with Crippen LogP contribution in [0.2, 0.25) is 0 Å². The third kappa shape index (κ3) is 4.32. The maximum Gasteiger partial charge on any atom is 0.228 e. The molecule has 2 N–H and O–H groups in total. The number of rotatable bonds is 5. The first-order valence-corrected chi connectivity index (χ1v) is 8.88. The molecule has 0 aliphatic carbocycles. The van der Waals surface area contributed by atoms with Crippen molar-refractivity contribution < 1.29 is 18.3 Å². The number of hydrogen-bond donors (Lipinski definition) is 2. The van der Waals surface area contributed by atoms with Crippen molar-refractivity contribution in [1.29, 1.82) is 0 Å². The lowest BCUT2D eigenvalue weighted by atomic mass is 10.1. The van der Waals surface area contributed by atoms with Crippen molar-refractivity contribution in [2.75, 3.05) is 11.1 Å². The van der Waals surface area contributed by atoms with E-state index in [9.17, 15) is 18.3 Å². The van der Waals surface area contributed by atoms with E-state index in [1.165, 1.54) is 25.1 Å². The summed E-state index contributed by atoms with van der Waals surface area (Å²) in [6, 6.07) is 11.4. The molecule has 0 aliphatic rings. The van der Waals surface area contributed by atoms with Gasteiger partial charge in [-0.05, 0) is 30.7 Å². The number of amides is 1. The van der Waals surface area contributed by atoms with E-state index in [1.807, 2.05) is 31.2 Å². The van der Waals surface area contributed by atoms with Crippen LogP contribution in [0.1, 0.15) is 18.1 Å². The highest BCUT2D eigenvalue weighted by Crippen LogP contribution is 2.27. The quantitative estimate of drug-likeness (QED) is 0.824. The molecule has 2 aromatic rings. The van der Waals surface area contributed by atoms with E-state index in [4.69, 9.17) is 0 Å². The molecule has 0 aliphatic heterocycles. The smallest absolute Gasteiger partial charge is 0.228 e. The van der Waals surface area contributed by atoms with Gasteiger partial charge in [0.25, 0.3) is 0 Å². The molecule has 2 aromatic carbocycles. The number of hydrogen-bond acceptors (Lipinski definition) is 4. The Labute approximate surface area is 135 Å². The van der Waals surface area contributed by atoms with Gasteiger partial charge in [0.15, 0.2) is 9.84 Å². The lowest BCUT2D eigenvalue weighted by Gasteiger charge is -2.10. The Balaban J connectivity index is 2.17. The van der Waals surface area contributed by atoms with Crippen LogP contribution in [-0.4, -0.2) is 25.2 Å². The standard InChI is InChI=1S/C17H19NO4S/c1-3-23(21,22)14-8-9-16(19)15(11-14)18-17(20)10-13-6-4-12(2)5-7-13/h4-9,11,19H,3,10H2,1-2H3,(H,18,20). The van der Waals surface area contributed by atoms with Crippen molar-refractivity contribution >= 4 is 21.4 Å². The van der Waals surface area contributed by atoms with E-state index in [2.05, 4.69) is 5.32 Å². The van der Waals surface area contributed by atoms with Crippen LogP contribution in [0.4, 0.5) is 5.69 Å². The van der Waals surface area contributed by atoms with Gasteiger partial charge in [-0.15, -0.1) is 0 Å². The number of benzene rings is 2. The Morgan fingerprint density at radius 2 is 1.78 bits per heavy atom. The summed E-state index contributed by atoms with van der Waals surface area (Å²) in [6.07, 6.45) is 0.143. The predicted molar refractivity (Wildman–Crippen MR) is 89.3 cm³/mol. The van der Waals surface area contributed by atoms with Crippen molar-refractivity contribution in [2.45, 2.75) is 25.2 Å². The highest BCUT2D eigenvalue weighted by Gasteiger charge is 2.15. The summed E-state index contributed by atoms with van der Waals surface area (Å²) in [5, 5.41) is 12.4. The molecule has 0 fully saturated rings. The number of aromatic hydroxyl groups is 1. The average molecular weight is 333 g/mol. The topological polar surface area (TPSA) is 83.5 Å². The first kappa shape index (κ1) is 17.0. The fourth-order valence-electron chi connectivity index (χ4n) is 2.06. The summed E-state index contributed by atoms with van der Waals surface area (Å²) >= 11 is 0.